The molecule has 1 radical (unpaired) electrons. The van der Waals surface area contributed by atoms with E-state index in [1.165, 1.54) is 14.1 Å². The van der Waals surface area contributed by atoms with Gasteiger partial charge in [-0.3, -0.25) is 0 Å². The summed E-state index contributed by atoms with van der Waals surface area (Å²) in [6.45, 7) is 0. The SMILES string of the molecule is CN1[N]C(=O)N(C)C1=O. The van der Waals surface area contributed by atoms with Crippen LogP contribution in [-0.4, -0.2) is 36.1 Å². The van der Waals surface area contributed by atoms with Crippen LogP contribution in [0.4, 0.5) is 9.59 Å². The summed E-state index contributed by atoms with van der Waals surface area (Å²) >= 11 is 0. The zero-order valence-electron chi connectivity index (χ0n) is 5.16. The van der Waals surface area contributed by atoms with Gasteiger partial charge in [-0.25, -0.2) is 19.5 Å². The van der Waals surface area contributed by atoms with E-state index in [9.17, 15) is 9.59 Å². The number of nitrogens with zero attached hydrogens (tertiary/aromatic N) is 3. The maximum Gasteiger partial charge on any atom is 0.368 e. The van der Waals surface area contributed by atoms with E-state index in [0.29, 0.717) is 0 Å². The van der Waals surface area contributed by atoms with Gasteiger partial charge in [0.2, 0.25) is 0 Å². The molecule has 1 aliphatic heterocycles. The van der Waals surface area contributed by atoms with Crippen molar-refractivity contribution >= 4 is 12.1 Å². The third kappa shape index (κ3) is 0.697. The molecule has 0 aromatic rings. The smallest absolute Gasteiger partial charge is 0.246 e. The maximum atomic E-state index is 10.7. The first-order chi connectivity index (χ1) is 4.13. The van der Waals surface area contributed by atoms with E-state index in [1.807, 2.05) is 0 Å². The number of carbonyl (C=O) groups is 2. The molecule has 0 bridgehead atoms. The average molecular weight is 128 g/mol. The van der Waals surface area contributed by atoms with Crippen LogP contribution in [0.3, 0.4) is 0 Å². The molecule has 0 aromatic heterocycles. The molecular weight excluding hydrogens is 122 g/mol. The molecule has 1 fully saturated rings. The fourth-order valence-electron chi connectivity index (χ4n) is 0.537. The maximum absolute atomic E-state index is 10.7. The van der Waals surface area contributed by atoms with E-state index in [4.69, 9.17) is 0 Å². The fraction of sp³-hybridized carbons (Fsp3) is 0.500. The highest BCUT2D eigenvalue weighted by atomic mass is 16.2. The molecule has 5 heteroatoms. The molecule has 1 aliphatic rings. The summed E-state index contributed by atoms with van der Waals surface area (Å²) in [6.07, 6.45) is 0. The van der Waals surface area contributed by atoms with Gasteiger partial charge in [-0.15, -0.1) is 5.43 Å². The molecule has 0 atom stereocenters. The van der Waals surface area contributed by atoms with E-state index in [2.05, 4.69) is 5.43 Å². The third-order valence-electron chi connectivity index (χ3n) is 1.09. The van der Waals surface area contributed by atoms with Crippen molar-refractivity contribution in [3.8, 4) is 0 Å². The molecule has 0 aliphatic carbocycles. The standard InChI is InChI=1S/C4H6N3O2/c1-6-3(8)5-7(2)4(6)9/h1-2H3. The lowest BCUT2D eigenvalue weighted by molar-refractivity contribution is 0.199. The number of hydrogen-bond donors (Lipinski definition) is 0. The Kier molecular flexibility index (Phi) is 1.05. The minimum absolute atomic E-state index is 0.389. The summed E-state index contributed by atoms with van der Waals surface area (Å²) in [5.41, 5.74) is 3.32. The van der Waals surface area contributed by atoms with Gasteiger partial charge in [0.15, 0.2) is 0 Å². The van der Waals surface area contributed by atoms with E-state index in [1.54, 1.807) is 0 Å². The number of rotatable bonds is 0. The Labute approximate surface area is 52.2 Å². The number of amides is 4. The predicted octanol–water partition coefficient (Wildman–Crippen LogP) is -0.377. The van der Waals surface area contributed by atoms with Crippen LogP contribution in [0.15, 0.2) is 0 Å². The largest absolute Gasteiger partial charge is 0.368 e. The van der Waals surface area contributed by atoms with E-state index in [0.717, 1.165) is 9.91 Å². The molecule has 1 saturated heterocycles. The molecule has 1 rings (SSSR count). The highest BCUT2D eigenvalue weighted by molar-refractivity contribution is 5.98. The summed E-state index contributed by atoms with van der Waals surface area (Å²) in [5, 5.41) is 1.00. The minimum atomic E-state index is -0.512. The molecule has 0 aromatic carbocycles. The monoisotopic (exact) mass is 128 g/mol. The van der Waals surface area contributed by atoms with Crippen LogP contribution in [0.25, 0.3) is 0 Å². The molecule has 0 N–H and O–H groups in total. The molecule has 0 saturated carbocycles. The van der Waals surface area contributed by atoms with Gasteiger partial charge < -0.3 is 0 Å². The van der Waals surface area contributed by atoms with Crippen LogP contribution in [-0.2, 0) is 0 Å². The van der Waals surface area contributed by atoms with Gasteiger partial charge >= 0.3 is 12.1 Å². The van der Waals surface area contributed by atoms with Crippen molar-refractivity contribution in [2.75, 3.05) is 14.1 Å². The second kappa shape index (κ2) is 1.61. The van der Waals surface area contributed by atoms with Crippen LogP contribution < -0.4 is 5.43 Å². The topological polar surface area (TPSA) is 54.7 Å². The van der Waals surface area contributed by atoms with Crippen molar-refractivity contribution in [1.29, 1.82) is 0 Å². The molecule has 1 heterocycles. The zero-order chi connectivity index (χ0) is 7.02. The van der Waals surface area contributed by atoms with Crippen LogP contribution in [0.5, 0.6) is 0 Å². The second-order valence-electron chi connectivity index (χ2n) is 1.75. The lowest BCUT2D eigenvalue weighted by Crippen LogP contribution is -2.27. The van der Waals surface area contributed by atoms with E-state index >= 15 is 0 Å². The molecule has 5 nitrogen and oxygen atoms in total. The Morgan fingerprint density at radius 3 is 2.00 bits per heavy atom. The van der Waals surface area contributed by atoms with Crippen LogP contribution in [0, 0.1) is 0 Å². The van der Waals surface area contributed by atoms with Crippen LogP contribution in [0.2, 0.25) is 0 Å². The molecule has 9 heavy (non-hydrogen) atoms. The van der Waals surface area contributed by atoms with Gasteiger partial charge in [0.05, 0.1) is 0 Å². The Morgan fingerprint density at radius 1 is 1.33 bits per heavy atom. The van der Waals surface area contributed by atoms with Gasteiger partial charge in [0, 0.05) is 14.1 Å². The highest BCUT2D eigenvalue weighted by Crippen LogP contribution is 2.01. The lowest BCUT2D eigenvalue weighted by Gasteiger charge is -2.01. The highest BCUT2D eigenvalue weighted by Gasteiger charge is 2.31. The Balaban J connectivity index is 2.77. The quantitative estimate of drug-likeness (QED) is 0.446. The molecular formula is C4H6N3O2. The van der Waals surface area contributed by atoms with E-state index in [-0.39, 0.29) is 6.03 Å². The molecule has 4 amide bonds. The minimum Gasteiger partial charge on any atom is -0.246 e. The van der Waals surface area contributed by atoms with Crippen molar-refractivity contribution < 1.29 is 9.59 Å². The van der Waals surface area contributed by atoms with Gasteiger partial charge in [0.1, 0.15) is 0 Å². The van der Waals surface area contributed by atoms with Crippen molar-refractivity contribution in [3.05, 3.63) is 0 Å². The van der Waals surface area contributed by atoms with E-state index < -0.39 is 6.03 Å². The number of urea groups is 2. The number of carbonyl (C=O) groups excluding carboxylic acids is 2. The zero-order valence-corrected chi connectivity index (χ0v) is 5.16. The molecule has 0 unspecified atom stereocenters. The average Bonchev–Trinajstić information content (AvgIpc) is 1.98. The van der Waals surface area contributed by atoms with Crippen LogP contribution >= 0.6 is 0 Å². The Hall–Kier alpha value is -1.26. The predicted molar refractivity (Wildman–Crippen MR) is 28.5 cm³/mol. The van der Waals surface area contributed by atoms with Gasteiger partial charge in [0.25, 0.3) is 0 Å². The Morgan fingerprint density at radius 2 is 1.89 bits per heavy atom. The molecule has 0 spiro atoms. The van der Waals surface area contributed by atoms with Crippen LogP contribution in [0.1, 0.15) is 0 Å². The first-order valence-electron chi connectivity index (χ1n) is 2.40. The summed E-state index contributed by atoms with van der Waals surface area (Å²) in [7, 11) is 2.82. The van der Waals surface area contributed by atoms with Gasteiger partial charge in [-0.2, -0.15) is 0 Å². The van der Waals surface area contributed by atoms with Crippen molar-refractivity contribution in [3.63, 3.8) is 0 Å². The fourth-order valence-corrected chi connectivity index (χ4v) is 0.537. The first kappa shape index (κ1) is 5.87. The second-order valence-corrected chi connectivity index (χ2v) is 1.75. The van der Waals surface area contributed by atoms with Crippen molar-refractivity contribution in [2.45, 2.75) is 0 Å². The summed E-state index contributed by atoms with van der Waals surface area (Å²) < 4.78 is 0. The van der Waals surface area contributed by atoms with Crippen molar-refractivity contribution in [2.24, 2.45) is 0 Å². The summed E-state index contributed by atoms with van der Waals surface area (Å²) in [4.78, 5) is 22.1. The lowest BCUT2D eigenvalue weighted by atomic mass is 10.8. The third-order valence-corrected chi connectivity index (χ3v) is 1.09. The summed E-state index contributed by atoms with van der Waals surface area (Å²) in [6, 6.07) is -0.900. The van der Waals surface area contributed by atoms with Crippen molar-refractivity contribution in [1.82, 2.24) is 15.3 Å². The first-order valence-corrected chi connectivity index (χ1v) is 2.40. The van der Waals surface area contributed by atoms with Gasteiger partial charge in [-0.05, 0) is 0 Å². The van der Waals surface area contributed by atoms with Gasteiger partial charge in [-0.1, -0.05) is 0 Å². The molecule has 49 valence electrons. The normalized spacial score (nSPS) is 18.9. The number of imide groups is 1. The summed E-state index contributed by atoms with van der Waals surface area (Å²) in [5.74, 6) is 0. The Bertz CT molecular complexity index is 167. The number of hydrogen-bond acceptors (Lipinski definition) is 2.